The summed E-state index contributed by atoms with van der Waals surface area (Å²) in [7, 11) is 0. The fourth-order valence-corrected chi connectivity index (χ4v) is 4.29. The molecule has 1 aromatic heterocycles. The maximum absolute atomic E-state index is 13.4. The topological polar surface area (TPSA) is 11.4 Å². The van der Waals surface area contributed by atoms with Crippen LogP contribution in [-0.4, -0.2) is 47.1 Å². The summed E-state index contributed by atoms with van der Waals surface area (Å²) in [5.74, 6) is -0.139. The lowest BCUT2D eigenvalue weighted by Crippen LogP contribution is -2.35. The van der Waals surface area contributed by atoms with Gasteiger partial charge in [0.2, 0.25) is 0 Å². The van der Waals surface area contributed by atoms with Gasteiger partial charge in [-0.3, -0.25) is 4.90 Å². The third-order valence-electron chi connectivity index (χ3n) is 5.62. The van der Waals surface area contributed by atoms with Crippen molar-refractivity contribution in [3.63, 3.8) is 0 Å². The highest BCUT2D eigenvalue weighted by atomic mass is 19.1. The van der Waals surface area contributed by atoms with Crippen molar-refractivity contribution in [1.82, 2.24) is 14.4 Å². The van der Waals surface area contributed by atoms with Gasteiger partial charge in [-0.15, -0.1) is 0 Å². The third-order valence-corrected chi connectivity index (χ3v) is 5.62. The van der Waals surface area contributed by atoms with Gasteiger partial charge in [0, 0.05) is 36.2 Å². The second kappa shape index (κ2) is 7.24. The molecule has 0 saturated carbocycles. The maximum Gasteiger partial charge on any atom is 0.123 e. The smallest absolute Gasteiger partial charge is 0.123 e. The van der Waals surface area contributed by atoms with E-state index in [0.29, 0.717) is 0 Å². The Kier molecular flexibility index (Phi) is 4.86. The minimum absolute atomic E-state index is 0.139. The fraction of sp³-hybridized carbons (Fsp3) is 0.600. The molecule has 0 amide bonds. The number of hydrogen-bond donors (Lipinski definition) is 0. The van der Waals surface area contributed by atoms with Crippen LogP contribution in [0.15, 0.2) is 24.3 Å². The van der Waals surface area contributed by atoms with E-state index in [1.54, 1.807) is 12.1 Å². The Morgan fingerprint density at radius 2 is 1.62 bits per heavy atom. The zero-order valence-electron chi connectivity index (χ0n) is 14.5. The number of nitrogens with zero attached hydrogens (tertiary/aromatic N) is 3. The van der Waals surface area contributed by atoms with E-state index in [1.165, 1.54) is 69.5 Å². The molecule has 1 saturated heterocycles. The van der Waals surface area contributed by atoms with Crippen LogP contribution in [0.5, 0.6) is 0 Å². The molecule has 3 nitrogen and oxygen atoms in total. The van der Waals surface area contributed by atoms with Gasteiger partial charge in [-0.2, -0.15) is 0 Å². The molecule has 0 aliphatic carbocycles. The van der Waals surface area contributed by atoms with Gasteiger partial charge in [0.25, 0.3) is 0 Å². The highest BCUT2D eigenvalue weighted by Crippen LogP contribution is 2.25. The van der Waals surface area contributed by atoms with Crippen LogP contribution in [0, 0.1) is 5.82 Å². The lowest BCUT2D eigenvalue weighted by Gasteiger charge is -2.30. The van der Waals surface area contributed by atoms with Gasteiger partial charge < -0.3 is 9.47 Å². The molecule has 2 aliphatic heterocycles. The number of aromatic nitrogens is 1. The molecule has 24 heavy (non-hydrogen) atoms. The summed E-state index contributed by atoms with van der Waals surface area (Å²) in [4.78, 5) is 5.19. The number of fused-ring (bicyclic) bond motifs is 3. The second-order valence-electron chi connectivity index (χ2n) is 7.38. The Morgan fingerprint density at radius 1 is 0.833 bits per heavy atom. The zero-order valence-corrected chi connectivity index (χ0v) is 14.5. The molecule has 0 atom stereocenters. The molecular weight excluding hydrogens is 301 g/mol. The van der Waals surface area contributed by atoms with Crippen molar-refractivity contribution in [2.24, 2.45) is 0 Å². The Labute approximate surface area is 144 Å². The van der Waals surface area contributed by atoms with Gasteiger partial charge in [0.15, 0.2) is 0 Å². The lowest BCUT2D eigenvalue weighted by atomic mass is 10.1. The van der Waals surface area contributed by atoms with E-state index in [0.717, 1.165) is 25.0 Å². The van der Waals surface area contributed by atoms with E-state index in [1.807, 2.05) is 6.07 Å². The average Bonchev–Trinajstić information content (AvgIpc) is 2.96. The zero-order chi connectivity index (χ0) is 16.4. The van der Waals surface area contributed by atoms with Gasteiger partial charge in [-0.05, 0) is 76.1 Å². The first-order chi connectivity index (χ1) is 11.8. The maximum atomic E-state index is 13.4. The molecule has 2 aliphatic rings. The van der Waals surface area contributed by atoms with E-state index < -0.39 is 0 Å². The van der Waals surface area contributed by atoms with Crippen LogP contribution in [0.25, 0.3) is 10.9 Å². The molecule has 130 valence electrons. The van der Waals surface area contributed by atoms with Crippen molar-refractivity contribution >= 4 is 10.9 Å². The van der Waals surface area contributed by atoms with Gasteiger partial charge in [-0.1, -0.05) is 6.42 Å². The van der Waals surface area contributed by atoms with Crippen molar-refractivity contribution in [2.75, 3.05) is 32.7 Å². The van der Waals surface area contributed by atoms with E-state index in [9.17, 15) is 4.39 Å². The number of benzene rings is 1. The van der Waals surface area contributed by atoms with Crippen molar-refractivity contribution in [3.05, 3.63) is 35.8 Å². The first-order valence-corrected chi connectivity index (χ1v) is 9.52. The minimum atomic E-state index is -0.139. The Hall–Kier alpha value is -1.39. The highest BCUT2D eigenvalue weighted by Gasteiger charge is 2.18. The number of unbranched alkanes of at least 4 members (excludes halogenated alkanes) is 1. The largest absolute Gasteiger partial charge is 0.342 e. The van der Waals surface area contributed by atoms with Gasteiger partial charge in [0.05, 0.1) is 0 Å². The second-order valence-corrected chi connectivity index (χ2v) is 7.38. The van der Waals surface area contributed by atoms with E-state index in [2.05, 4.69) is 20.4 Å². The van der Waals surface area contributed by atoms with Crippen LogP contribution in [-0.2, 0) is 13.1 Å². The summed E-state index contributed by atoms with van der Waals surface area (Å²) in [5, 5.41) is 1.04. The van der Waals surface area contributed by atoms with Crippen LogP contribution in [0.3, 0.4) is 0 Å². The van der Waals surface area contributed by atoms with Gasteiger partial charge in [0.1, 0.15) is 5.82 Å². The predicted molar refractivity (Wildman–Crippen MR) is 96.7 cm³/mol. The number of rotatable bonds is 5. The Bertz CT molecular complexity index is 687. The summed E-state index contributed by atoms with van der Waals surface area (Å²) in [5.41, 5.74) is 2.51. The van der Waals surface area contributed by atoms with Crippen molar-refractivity contribution < 1.29 is 4.39 Å². The van der Waals surface area contributed by atoms with E-state index in [-0.39, 0.29) is 5.82 Å². The SMILES string of the molecule is Fc1ccc2c(c1)cc1n2CCN(CCCCN2CCCCC2)C1. The highest BCUT2D eigenvalue weighted by molar-refractivity contribution is 5.81. The number of piperidine rings is 1. The number of hydrogen-bond acceptors (Lipinski definition) is 2. The summed E-state index contributed by atoms with van der Waals surface area (Å²) in [6.45, 7) is 8.20. The van der Waals surface area contributed by atoms with Gasteiger partial charge in [-0.25, -0.2) is 4.39 Å². The molecule has 1 aromatic carbocycles. The monoisotopic (exact) mass is 329 g/mol. The lowest BCUT2D eigenvalue weighted by molar-refractivity contribution is 0.199. The van der Waals surface area contributed by atoms with Crippen LogP contribution in [0.4, 0.5) is 4.39 Å². The quantitative estimate of drug-likeness (QED) is 0.772. The van der Waals surface area contributed by atoms with Crippen molar-refractivity contribution in [1.29, 1.82) is 0 Å². The normalized spacial score (nSPS) is 19.7. The molecule has 0 N–H and O–H groups in total. The molecule has 3 heterocycles. The fourth-order valence-electron chi connectivity index (χ4n) is 4.29. The Morgan fingerprint density at radius 3 is 2.46 bits per heavy atom. The van der Waals surface area contributed by atoms with Crippen LogP contribution >= 0.6 is 0 Å². The summed E-state index contributed by atoms with van der Waals surface area (Å²) >= 11 is 0. The average molecular weight is 329 g/mol. The molecule has 4 rings (SSSR count). The summed E-state index contributed by atoms with van der Waals surface area (Å²) < 4.78 is 15.8. The van der Waals surface area contributed by atoms with E-state index >= 15 is 0 Å². The molecular formula is C20H28FN3. The number of likely N-dealkylation sites (tertiary alicyclic amines) is 1. The minimum Gasteiger partial charge on any atom is -0.342 e. The molecule has 1 fully saturated rings. The third kappa shape index (κ3) is 3.50. The van der Waals surface area contributed by atoms with Crippen LogP contribution in [0.2, 0.25) is 0 Å². The van der Waals surface area contributed by atoms with Gasteiger partial charge >= 0.3 is 0 Å². The summed E-state index contributed by atoms with van der Waals surface area (Å²) in [6.07, 6.45) is 6.78. The predicted octanol–water partition coefficient (Wildman–Crippen LogP) is 3.86. The van der Waals surface area contributed by atoms with Crippen LogP contribution < -0.4 is 0 Å². The first kappa shape index (κ1) is 16.1. The van der Waals surface area contributed by atoms with Crippen molar-refractivity contribution in [2.45, 2.75) is 45.2 Å². The molecule has 2 aromatic rings. The first-order valence-electron chi connectivity index (χ1n) is 9.52. The summed E-state index contributed by atoms with van der Waals surface area (Å²) in [6, 6.07) is 7.31. The molecule has 0 spiro atoms. The van der Waals surface area contributed by atoms with Crippen LogP contribution in [0.1, 0.15) is 37.8 Å². The number of halogens is 1. The standard InChI is InChI=1S/C20H28FN3/c21-18-6-7-20-17(14-18)15-19-16-23(12-13-24(19)20)11-5-4-10-22-8-2-1-3-9-22/h6-7,14-15H,1-5,8-13,16H2. The molecule has 0 radical (unpaired) electrons. The Balaban J connectivity index is 1.29. The van der Waals surface area contributed by atoms with E-state index in [4.69, 9.17) is 0 Å². The molecule has 4 heteroatoms. The molecule has 0 unspecified atom stereocenters. The van der Waals surface area contributed by atoms with Crippen molar-refractivity contribution in [3.8, 4) is 0 Å². The molecule has 0 bridgehead atoms.